The van der Waals surface area contributed by atoms with Gasteiger partial charge in [0, 0.05) is 24.6 Å². The molecule has 0 bridgehead atoms. The molecule has 6 heteroatoms. The molecule has 0 saturated heterocycles. The average molecular weight is 415 g/mol. The lowest BCUT2D eigenvalue weighted by molar-refractivity contribution is 0.0601. The number of rotatable bonds is 4. The van der Waals surface area contributed by atoms with Crippen molar-refractivity contribution in [2.75, 3.05) is 24.8 Å². The highest BCUT2D eigenvalue weighted by molar-refractivity contribution is 5.95. The summed E-state index contributed by atoms with van der Waals surface area (Å²) < 4.78 is 4.57. The summed E-state index contributed by atoms with van der Waals surface area (Å²) in [6.07, 6.45) is 8.15. The van der Waals surface area contributed by atoms with E-state index >= 15 is 0 Å². The second-order valence-electron chi connectivity index (χ2n) is 7.17. The van der Waals surface area contributed by atoms with Gasteiger partial charge in [-0.15, -0.1) is 0 Å². The number of pyridine rings is 1. The van der Waals surface area contributed by atoms with Crippen LogP contribution in [-0.4, -0.2) is 25.1 Å². The van der Waals surface area contributed by atoms with Gasteiger partial charge in [-0.1, -0.05) is 6.07 Å². The Morgan fingerprint density at radius 1 is 1.03 bits per heavy atom. The highest BCUT2D eigenvalue weighted by Gasteiger charge is 2.10. The van der Waals surface area contributed by atoms with E-state index in [1.54, 1.807) is 25.5 Å². The smallest absolute Gasteiger partial charge is 0.340 e. The normalized spacial score (nSPS) is 11.8. The van der Waals surface area contributed by atoms with Gasteiger partial charge >= 0.3 is 5.97 Å². The Morgan fingerprint density at radius 2 is 1.74 bits per heavy atom. The molecule has 31 heavy (non-hydrogen) atoms. The summed E-state index contributed by atoms with van der Waals surface area (Å²) in [4.78, 5) is 15.0. The van der Waals surface area contributed by atoms with Gasteiger partial charge in [-0.05, 0) is 79.3 Å². The Bertz CT molecular complexity index is 1070. The standard InChI is InChI=1S/C17H16N2.C8H10N2O2/c18-12-13-5-8-16(9-6-13)19-17-10-7-14-3-1-2-4-15(14)11-17;1-9-7-5-10-4-3-6(7)8(11)12-2/h5-11,19H,1-4H2;3-5,9H,1-2H3. The van der Waals surface area contributed by atoms with Gasteiger partial charge in [0.2, 0.25) is 0 Å². The first-order valence-electron chi connectivity index (χ1n) is 10.2. The summed E-state index contributed by atoms with van der Waals surface area (Å²) in [5.41, 5.74) is 6.98. The summed E-state index contributed by atoms with van der Waals surface area (Å²) in [5.74, 6) is -0.359. The number of esters is 1. The number of hydrogen-bond donors (Lipinski definition) is 2. The SMILES string of the molecule is CNc1cnccc1C(=O)OC.N#Cc1ccc(Nc2ccc3c(c2)CCCC3)cc1. The van der Waals surface area contributed by atoms with E-state index in [4.69, 9.17) is 5.26 Å². The maximum absolute atomic E-state index is 11.1. The van der Waals surface area contributed by atoms with Crippen LogP contribution in [0.4, 0.5) is 17.1 Å². The number of ether oxygens (including phenoxy) is 1. The van der Waals surface area contributed by atoms with Crippen molar-refractivity contribution in [2.24, 2.45) is 0 Å². The molecule has 0 aliphatic heterocycles. The van der Waals surface area contributed by atoms with Gasteiger partial charge < -0.3 is 15.4 Å². The van der Waals surface area contributed by atoms with Crippen LogP contribution >= 0.6 is 0 Å². The van der Waals surface area contributed by atoms with Gasteiger partial charge in [-0.3, -0.25) is 4.98 Å². The minimum Gasteiger partial charge on any atom is -0.465 e. The summed E-state index contributed by atoms with van der Waals surface area (Å²) in [6, 6.07) is 17.9. The van der Waals surface area contributed by atoms with E-state index in [9.17, 15) is 4.79 Å². The minimum absolute atomic E-state index is 0.359. The van der Waals surface area contributed by atoms with Crippen LogP contribution < -0.4 is 10.6 Å². The van der Waals surface area contributed by atoms with Crippen molar-refractivity contribution in [2.45, 2.75) is 25.7 Å². The predicted octanol–water partition coefficient (Wildman–Crippen LogP) is 5.09. The zero-order chi connectivity index (χ0) is 22.1. The van der Waals surface area contributed by atoms with Crippen LogP contribution in [0.3, 0.4) is 0 Å². The van der Waals surface area contributed by atoms with Crippen LogP contribution in [0.25, 0.3) is 0 Å². The molecule has 1 heterocycles. The van der Waals surface area contributed by atoms with Crippen LogP contribution in [-0.2, 0) is 17.6 Å². The number of aromatic nitrogens is 1. The van der Waals surface area contributed by atoms with Crippen molar-refractivity contribution in [3.05, 3.63) is 83.2 Å². The summed E-state index contributed by atoms with van der Waals surface area (Å²) in [5, 5.41) is 15.0. The van der Waals surface area contributed by atoms with Gasteiger partial charge in [-0.25, -0.2) is 4.79 Å². The van der Waals surface area contributed by atoms with Crippen molar-refractivity contribution in [3.8, 4) is 6.07 Å². The number of nitrogens with zero attached hydrogens (tertiary/aromatic N) is 2. The molecule has 1 aliphatic carbocycles. The maximum Gasteiger partial charge on any atom is 0.340 e. The lowest BCUT2D eigenvalue weighted by Gasteiger charge is -2.17. The summed E-state index contributed by atoms with van der Waals surface area (Å²) >= 11 is 0. The number of benzene rings is 2. The number of carbonyl (C=O) groups excluding carboxylic acids is 1. The van der Waals surface area contributed by atoms with E-state index in [1.807, 2.05) is 24.3 Å². The molecular weight excluding hydrogens is 388 g/mol. The Balaban J connectivity index is 0.000000196. The molecule has 2 aromatic carbocycles. The molecule has 4 rings (SSSR count). The fraction of sp³-hybridized carbons (Fsp3) is 0.240. The Hall–Kier alpha value is -3.85. The molecule has 0 saturated carbocycles. The number of nitrogens with one attached hydrogen (secondary N) is 2. The molecule has 0 spiro atoms. The lowest BCUT2D eigenvalue weighted by Crippen LogP contribution is -2.05. The summed E-state index contributed by atoms with van der Waals surface area (Å²) in [6.45, 7) is 0. The third-order valence-electron chi connectivity index (χ3n) is 5.15. The van der Waals surface area contributed by atoms with Gasteiger partial charge in [-0.2, -0.15) is 5.26 Å². The number of aryl methyl sites for hydroxylation is 2. The first-order valence-corrected chi connectivity index (χ1v) is 10.2. The third-order valence-corrected chi connectivity index (χ3v) is 5.15. The molecule has 3 aromatic rings. The van der Waals surface area contributed by atoms with Crippen molar-refractivity contribution < 1.29 is 9.53 Å². The molecule has 0 radical (unpaired) electrons. The largest absolute Gasteiger partial charge is 0.465 e. The van der Waals surface area contributed by atoms with Gasteiger partial charge in [0.1, 0.15) is 0 Å². The van der Waals surface area contributed by atoms with Gasteiger partial charge in [0.25, 0.3) is 0 Å². The zero-order valence-corrected chi connectivity index (χ0v) is 17.8. The molecular formula is C25H26N4O2. The molecule has 0 fully saturated rings. The second-order valence-corrected chi connectivity index (χ2v) is 7.17. The average Bonchev–Trinajstić information content (AvgIpc) is 2.84. The molecule has 2 N–H and O–H groups in total. The van der Waals surface area contributed by atoms with Gasteiger partial charge in [0.05, 0.1) is 36.2 Å². The Labute approximate surface area is 182 Å². The molecule has 1 aliphatic rings. The van der Waals surface area contributed by atoms with Crippen molar-refractivity contribution in [1.29, 1.82) is 5.26 Å². The first kappa shape index (κ1) is 21.8. The van der Waals surface area contributed by atoms with Crippen LogP contribution in [0, 0.1) is 11.3 Å². The molecule has 6 nitrogen and oxygen atoms in total. The van der Waals surface area contributed by atoms with Crippen LogP contribution in [0.5, 0.6) is 0 Å². The van der Waals surface area contributed by atoms with Crippen LogP contribution in [0.1, 0.15) is 39.9 Å². The van der Waals surface area contributed by atoms with Crippen LogP contribution in [0.15, 0.2) is 60.9 Å². The molecule has 0 unspecified atom stereocenters. The van der Waals surface area contributed by atoms with E-state index < -0.39 is 0 Å². The van der Waals surface area contributed by atoms with E-state index in [0.29, 0.717) is 16.8 Å². The second kappa shape index (κ2) is 10.8. The minimum atomic E-state index is -0.359. The number of fused-ring (bicyclic) bond motifs is 1. The molecule has 158 valence electrons. The van der Waals surface area contributed by atoms with E-state index in [-0.39, 0.29) is 5.97 Å². The van der Waals surface area contributed by atoms with Crippen LogP contribution in [0.2, 0.25) is 0 Å². The maximum atomic E-state index is 11.1. The number of hydrogen-bond acceptors (Lipinski definition) is 6. The number of carbonyl (C=O) groups is 1. The monoisotopic (exact) mass is 414 g/mol. The zero-order valence-electron chi connectivity index (χ0n) is 17.8. The quantitative estimate of drug-likeness (QED) is 0.578. The van der Waals surface area contributed by atoms with E-state index in [1.165, 1.54) is 43.9 Å². The lowest BCUT2D eigenvalue weighted by atomic mass is 9.91. The fourth-order valence-electron chi connectivity index (χ4n) is 3.49. The van der Waals surface area contributed by atoms with Crippen molar-refractivity contribution in [3.63, 3.8) is 0 Å². The van der Waals surface area contributed by atoms with Crippen molar-refractivity contribution >= 4 is 23.0 Å². The number of nitriles is 1. The Kier molecular flexibility index (Phi) is 7.61. The highest BCUT2D eigenvalue weighted by atomic mass is 16.5. The molecule has 0 amide bonds. The van der Waals surface area contributed by atoms with Crippen molar-refractivity contribution in [1.82, 2.24) is 4.98 Å². The summed E-state index contributed by atoms with van der Waals surface area (Å²) in [7, 11) is 3.08. The van der Waals surface area contributed by atoms with E-state index in [2.05, 4.69) is 44.6 Å². The molecule has 1 aromatic heterocycles. The topological polar surface area (TPSA) is 87.0 Å². The number of anilines is 3. The Morgan fingerprint density at radius 3 is 2.42 bits per heavy atom. The third kappa shape index (κ3) is 5.83. The number of methoxy groups -OCH3 is 1. The molecule has 0 atom stereocenters. The predicted molar refractivity (Wildman–Crippen MR) is 123 cm³/mol. The van der Waals surface area contributed by atoms with Gasteiger partial charge in [0.15, 0.2) is 0 Å². The first-order chi connectivity index (χ1) is 15.1. The highest BCUT2D eigenvalue weighted by Crippen LogP contribution is 2.26. The fourth-order valence-corrected chi connectivity index (χ4v) is 3.49. The van der Waals surface area contributed by atoms with E-state index in [0.717, 1.165) is 11.4 Å².